The minimum Gasteiger partial charge on any atom is -0.414 e. The van der Waals surface area contributed by atoms with Crippen molar-refractivity contribution < 1.29 is 9.63 Å². The number of urea groups is 1. The monoisotopic (exact) mass is 143 g/mol. The molecule has 10 heavy (non-hydrogen) atoms. The maximum Gasteiger partial charge on any atom is 0.316 e. The molecule has 0 saturated heterocycles. The summed E-state index contributed by atoms with van der Waals surface area (Å²) in [6.45, 7) is 0. The van der Waals surface area contributed by atoms with Crippen molar-refractivity contribution in [2.75, 3.05) is 7.05 Å². The first-order valence-corrected chi connectivity index (χ1v) is 2.82. The molecule has 1 rings (SSSR count). The first-order valence-electron chi connectivity index (χ1n) is 2.82. The Hall–Kier alpha value is -1.23. The number of hydrogen-bond donors (Lipinski definition) is 2. The number of nitrogens with two attached hydrogens (primary N) is 1. The van der Waals surface area contributed by atoms with Crippen molar-refractivity contribution in [3.8, 4) is 0 Å². The highest BCUT2D eigenvalue weighted by Crippen LogP contribution is 1.99. The van der Waals surface area contributed by atoms with Gasteiger partial charge in [0.1, 0.15) is 12.4 Å². The zero-order chi connectivity index (χ0) is 7.56. The Morgan fingerprint density at radius 1 is 1.90 bits per heavy atom. The highest BCUT2D eigenvalue weighted by atomic mass is 16.6. The molecule has 0 aromatic rings. The first kappa shape index (κ1) is 6.88. The van der Waals surface area contributed by atoms with Crippen LogP contribution in [-0.2, 0) is 4.84 Å². The summed E-state index contributed by atoms with van der Waals surface area (Å²) in [6, 6.07) is -0.493. The van der Waals surface area contributed by atoms with Gasteiger partial charge in [0, 0.05) is 7.05 Å². The molecule has 1 atom stereocenters. The van der Waals surface area contributed by atoms with E-state index in [0.29, 0.717) is 0 Å². The van der Waals surface area contributed by atoms with Crippen molar-refractivity contribution in [3.05, 3.63) is 12.3 Å². The van der Waals surface area contributed by atoms with Gasteiger partial charge >= 0.3 is 6.03 Å². The second kappa shape index (κ2) is 2.57. The highest BCUT2D eigenvalue weighted by molar-refractivity contribution is 5.72. The van der Waals surface area contributed by atoms with Crippen LogP contribution in [0.25, 0.3) is 0 Å². The van der Waals surface area contributed by atoms with E-state index in [1.807, 2.05) is 0 Å². The molecule has 0 aromatic heterocycles. The predicted octanol–water partition coefficient (Wildman–Crippen LogP) is -0.629. The first-order chi connectivity index (χ1) is 4.72. The lowest BCUT2D eigenvalue weighted by Crippen LogP contribution is -2.45. The van der Waals surface area contributed by atoms with Gasteiger partial charge in [0.2, 0.25) is 0 Å². The van der Waals surface area contributed by atoms with Crippen LogP contribution in [-0.4, -0.2) is 24.1 Å². The number of rotatable bonds is 1. The highest BCUT2D eigenvalue weighted by Gasteiger charge is 2.17. The Bertz CT molecular complexity index is 168. The number of hydroxylamine groups is 1. The number of carbonyl (C=O) groups excluding carboxylic acids is 1. The summed E-state index contributed by atoms with van der Waals surface area (Å²) >= 11 is 0. The number of likely N-dealkylation sites (N-methyl/N-ethyl adjacent to an activating group) is 1. The van der Waals surface area contributed by atoms with Gasteiger partial charge in [0.25, 0.3) is 0 Å². The van der Waals surface area contributed by atoms with Crippen LogP contribution in [0.15, 0.2) is 12.3 Å². The Kier molecular flexibility index (Phi) is 1.77. The van der Waals surface area contributed by atoms with Crippen LogP contribution < -0.4 is 11.2 Å². The zero-order valence-electron chi connectivity index (χ0n) is 5.57. The largest absolute Gasteiger partial charge is 0.414 e. The standard InChI is InChI=1S/C5H9N3O2/c1-8(5(6)9)4-2-3-10-7-4/h2-4,7H,1H3,(H2,6,9). The van der Waals surface area contributed by atoms with E-state index in [4.69, 9.17) is 5.73 Å². The lowest BCUT2D eigenvalue weighted by atomic mass is 10.4. The second-order valence-corrected chi connectivity index (χ2v) is 1.96. The van der Waals surface area contributed by atoms with Gasteiger partial charge in [-0.25, -0.2) is 4.79 Å². The van der Waals surface area contributed by atoms with Crippen LogP contribution in [0.4, 0.5) is 4.79 Å². The molecule has 0 radical (unpaired) electrons. The van der Waals surface area contributed by atoms with Crippen molar-refractivity contribution in [1.82, 2.24) is 10.4 Å². The minimum absolute atomic E-state index is 0.238. The van der Waals surface area contributed by atoms with Gasteiger partial charge in [-0.2, -0.15) is 0 Å². The Morgan fingerprint density at radius 2 is 2.60 bits per heavy atom. The molecule has 5 nitrogen and oxygen atoms in total. The van der Waals surface area contributed by atoms with Gasteiger partial charge in [0.05, 0.1) is 0 Å². The minimum atomic E-state index is -0.493. The van der Waals surface area contributed by atoms with E-state index in [0.717, 1.165) is 0 Å². The quantitative estimate of drug-likeness (QED) is 0.513. The Labute approximate surface area is 58.4 Å². The van der Waals surface area contributed by atoms with Crippen LogP contribution in [0, 0.1) is 0 Å². The summed E-state index contributed by atoms with van der Waals surface area (Å²) in [7, 11) is 1.58. The second-order valence-electron chi connectivity index (χ2n) is 1.96. The Balaban J connectivity index is 2.48. The molecule has 0 bridgehead atoms. The van der Waals surface area contributed by atoms with Crippen molar-refractivity contribution in [1.29, 1.82) is 0 Å². The molecule has 1 heterocycles. The summed E-state index contributed by atoms with van der Waals surface area (Å²) in [5, 5.41) is 0. The van der Waals surface area contributed by atoms with E-state index < -0.39 is 6.03 Å². The van der Waals surface area contributed by atoms with Crippen LogP contribution in [0.5, 0.6) is 0 Å². The lowest BCUT2D eigenvalue weighted by molar-refractivity contribution is 0.0949. The maximum absolute atomic E-state index is 10.5. The van der Waals surface area contributed by atoms with Gasteiger partial charge < -0.3 is 15.5 Å². The summed E-state index contributed by atoms with van der Waals surface area (Å²) in [4.78, 5) is 16.5. The lowest BCUT2D eigenvalue weighted by Gasteiger charge is -2.19. The van der Waals surface area contributed by atoms with Crippen LogP contribution in [0.1, 0.15) is 0 Å². The number of carbonyl (C=O) groups is 1. The van der Waals surface area contributed by atoms with E-state index in [-0.39, 0.29) is 6.17 Å². The summed E-state index contributed by atoms with van der Waals surface area (Å²) in [5.41, 5.74) is 7.52. The predicted molar refractivity (Wildman–Crippen MR) is 34.5 cm³/mol. The molecular weight excluding hydrogens is 134 g/mol. The average Bonchev–Trinajstić information content (AvgIpc) is 2.36. The van der Waals surface area contributed by atoms with Gasteiger partial charge in [-0.05, 0) is 6.08 Å². The average molecular weight is 143 g/mol. The topological polar surface area (TPSA) is 67.6 Å². The van der Waals surface area contributed by atoms with E-state index in [2.05, 4.69) is 10.3 Å². The third-order valence-corrected chi connectivity index (χ3v) is 1.28. The van der Waals surface area contributed by atoms with Crippen molar-refractivity contribution in [2.45, 2.75) is 6.17 Å². The molecule has 3 N–H and O–H groups in total. The number of amides is 2. The molecule has 1 aliphatic rings. The molecule has 0 fully saturated rings. The molecule has 1 unspecified atom stereocenters. The van der Waals surface area contributed by atoms with Crippen LogP contribution >= 0.6 is 0 Å². The molecular formula is C5H9N3O2. The third-order valence-electron chi connectivity index (χ3n) is 1.28. The fourth-order valence-corrected chi connectivity index (χ4v) is 0.607. The maximum atomic E-state index is 10.5. The fourth-order valence-electron chi connectivity index (χ4n) is 0.607. The molecule has 0 spiro atoms. The molecule has 1 aliphatic heterocycles. The van der Waals surface area contributed by atoms with Gasteiger partial charge in [-0.1, -0.05) is 0 Å². The summed E-state index contributed by atoms with van der Waals surface area (Å²) in [6.07, 6.45) is 2.91. The Morgan fingerprint density at radius 3 is 3.00 bits per heavy atom. The zero-order valence-corrected chi connectivity index (χ0v) is 5.57. The van der Waals surface area contributed by atoms with Crippen molar-refractivity contribution >= 4 is 6.03 Å². The van der Waals surface area contributed by atoms with Crippen molar-refractivity contribution in [3.63, 3.8) is 0 Å². The summed E-state index contributed by atoms with van der Waals surface area (Å²) < 4.78 is 0. The van der Waals surface area contributed by atoms with Gasteiger partial charge in [-0.3, -0.25) is 0 Å². The molecule has 56 valence electrons. The van der Waals surface area contributed by atoms with Gasteiger partial charge in [0.15, 0.2) is 0 Å². The van der Waals surface area contributed by atoms with E-state index in [1.54, 1.807) is 13.1 Å². The third kappa shape index (κ3) is 1.19. The van der Waals surface area contributed by atoms with Crippen LogP contribution in [0.3, 0.4) is 0 Å². The molecule has 0 aliphatic carbocycles. The number of nitrogens with zero attached hydrogens (tertiary/aromatic N) is 1. The van der Waals surface area contributed by atoms with E-state index in [9.17, 15) is 4.79 Å². The number of primary amides is 1. The summed E-state index contributed by atoms with van der Waals surface area (Å²) in [5.74, 6) is 0. The smallest absolute Gasteiger partial charge is 0.316 e. The molecule has 0 aromatic carbocycles. The van der Waals surface area contributed by atoms with Crippen LogP contribution in [0.2, 0.25) is 0 Å². The molecule has 5 heteroatoms. The van der Waals surface area contributed by atoms with E-state index in [1.165, 1.54) is 11.2 Å². The van der Waals surface area contributed by atoms with Gasteiger partial charge in [-0.15, -0.1) is 5.48 Å². The molecule has 2 amide bonds. The number of nitrogens with one attached hydrogen (secondary N) is 1. The normalized spacial score (nSPS) is 22.3. The van der Waals surface area contributed by atoms with Crippen molar-refractivity contribution in [2.24, 2.45) is 5.73 Å². The SMILES string of the molecule is CN(C(N)=O)C1C=CON1. The van der Waals surface area contributed by atoms with E-state index >= 15 is 0 Å². The number of hydrogen-bond acceptors (Lipinski definition) is 3. The fraction of sp³-hybridized carbons (Fsp3) is 0.400. The molecule has 0 saturated carbocycles.